The summed E-state index contributed by atoms with van der Waals surface area (Å²) in [7, 11) is 0. The SMILES string of the molecule is CCCCCCCCCCCCCCCCCOC(=O)CCC(=O)OCCc1ccc(Cl)cc1. The summed E-state index contributed by atoms with van der Waals surface area (Å²) < 4.78 is 10.4. The van der Waals surface area contributed by atoms with Crippen molar-refractivity contribution >= 4 is 23.5 Å². The van der Waals surface area contributed by atoms with Crippen LogP contribution in [0.2, 0.25) is 5.02 Å². The fourth-order valence-corrected chi connectivity index (χ4v) is 4.07. The maximum Gasteiger partial charge on any atom is 0.306 e. The van der Waals surface area contributed by atoms with E-state index in [0.717, 1.165) is 18.4 Å². The number of benzene rings is 1. The van der Waals surface area contributed by atoms with Gasteiger partial charge < -0.3 is 9.47 Å². The highest BCUT2D eigenvalue weighted by atomic mass is 35.5. The zero-order valence-electron chi connectivity index (χ0n) is 21.5. The molecule has 0 fully saturated rings. The van der Waals surface area contributed by atoms with Crippen molar-refractivity contribution in [3.8, 4) is 0 Å². The molecule has 0 aliphatic rings. The lowest BCUT2D eigenvalue weighted by Gasteiger charge is -2.06. The number of hydrogen-bond donors (Lipinski definition) is 0. The molecule has 1 rings (SSSR count). The van der Waals surface area contributed by atoms with Gasteiger partial charge in [-0.1, -0.05) is 121 Å². The first-order chi connectivity index (χ1) is 16.6. The van der Waals surface area contributed by atoms with Crippen LogP contribution in [0.15, 0.2) is 24.3 Å². The molecule has 0 unspecified atom stereocenters. The molecular weight excluding hydrogens is 448 g/mol. The van der Waals surface area contributed by atoms with Crippen LogP contribution in [0.1, 0.15) is 122 Å². The number of carbonyl (C=O) groups excluding carboxylic acids is 2. The summed E-state index contributed by atoms with van der Waals surface area (Å²) in [6.45, 7) is 3.02. The van der Waals surface area contributed by atoms with E-state index in [2.05, 4.69) is 6.92 Å². The van der Waals surface area contributed by atoms with Crippen LogP contribution < -0.4 is 0 Å². The minimum absolute atomic E-state index is 0.0678. The Morgan fingerprint density at radius 2 is 1.03 bits per heavy atom. The molecule has 0 amide bonds. The van der Waals surface area contributed by atoms with Gasteiger partial charge in [0.1, 0.15) is 0 Å². The van der Waals surface area contributed by atoms with E-state index in [1.165, 1.54) is 83.5 Å². The molecule has 0 radical (unpaired) electrons. The van der Waals surface area contributed by atoms with E-state index < -0.39 is 0 Å². The van der Waals surface area contributed by atoms with Gasteiger partial charge in [0, 0.05) is 11.4 Å². The van der Waals surface area contributed by atoms with Gasteiger partial charge in [-0.25, -0.2) is 0 Å². The van der Waals surface area contributed by atoms with E-state index in [0.29, 0.717) is 24.7 Å². The molecule has 34 heavy (non-hydrogen) atoms. The van der Waals surface area contributed by atoms with Crippen molar-refractivity contribution in [1.29, 1.82) is 0 Å². The van der Waals surface area contributed by atoms with Gasteiger partial charge in [-0.05, 0) is 24.1 Å². The Morgan fingerprint density at radius 3 is 1.50 bits per heavy atom. The molecule has 0 bridgehead atoms. The van der Waals surface area contributed by atoms with Crippen LogP contribution in [-0.2, 0) is 25.5 Å². The van der Waals surface area contributed by atoms with Gasteiger partial charge in [-0.2, -0.15) is 0 Å². The third kappa shape index (κ3) is 18.8. The predicted molar refractivity (Wildman–Crippen MR) is 141 cm³/mol. The van der Waals surface area contributed by atoms with E-state index in [9.17, 15) is 9.59 Å². The number of hydrogen-bond acceptors (Lipinski definition) is 4. The van der Waals surface area contributed by atoms with Crippen molar-refractivity contribution in [3.05, 3.63) is 34.9 Å². The summed E-state index contributed by atoms with van der Waals surface area (Å²) in [6, 6.07) is 7.44. The second kappa shape index (κ2) is 21.9. The molecule has 4 nitrogen and oxygen atoms in total. The summed E-state index contributed by atoms with van der Waals surface area (Å²) >= 11 is 5.85. The second-order valence-electron chi connectivity index (χ2n) is 9.27. The first kappa shape index (κ1) is 30.5. The van der Waals surface area contributed by atoms with Gasteiger partial charge in [0.25, 0.3) is 0 Å². The quantitative estimate of drug-likeness (QED) is 0.119. The third-order valence-electron chi connectivity index (χ3n) is 6.11. The lowest BCUT2D eigenvalue weighted by Crippen LogP contribution is -2.12. The van der Waals surface area contributed by atoms with Gasteiger partial charge in [0.2, 0.25) is 0 Å². The number of carbonyl (C=O) groups is 2. The standard InChI is InChI=1S/C29H47ClO4/c1-2-3-4-5-6-7-8-9-10-11-12-13-14-15-16-24-33-28(31)21-22-29(32)34-25-23-26-17-19-27(30)20-18-26/h17-20H,2-16,21-25H2,1H3. The maximum absolute atomic E-state index is 11.8. The molecular formula is C29H47ClO4. The Morgan fingerprint density at radius 1 is 0.618 bits per heavy atom. The minimum atomic E-state index is -0.363. The second-order valence-corrected chi connectivity index (χ2v) is 9.70. The molecule has 0 aromatic heterocycles. The molecule has 0 heterocycles. The van der Waals surface area contributed by atoms with Gasteiger partial charge in [0.15, 0.2) is 0 Å². The lowest BCUT2D eigenvalue weighted by molar-refractivity contribution is -0.150. The van der Waals surface area contributed by atoms with Crippen molar-refractivity contribution in [3.63, 3.8) is 0 Å². The molecule has 0 aliphatic carbocycles. The van der Waals surface area contributed by atoms with E-state index in [1.807, 2.05) is 24.3 Å². The van der Waals surface area contributed by atoms with E-state index in [-0.39, 0.29) is 24.8 Å². The Labute approximate surface area is 213 Å². The first-order valence-electron chi connectivity index (χ1n) is 13.7. The number of unbranched alkanes of at least 4 members (excludes halogenated alkanes) is 14. The number of esters is 2. The summed E-state index contributed by atoms with van der Waals surface area (Å²) in [5.74, 6) is -0.682. The summed E-state index contributed by atoms with van der Waals surface area (Å²) in [5.41, 5.74) is 1.06. The van der Waals surface area contributed by atoms with E-state index >= 15 is 0 Å². The fraction of sp³-hybridized carbons (Fsp3) is 0.724. The number of ether oxygens (including phenoxy) is 2. The average Bonchev–Trinajstić information content (AvgIpc) is 2.83. The fourth-order valence-electron chi connectivity index (χ4n) is 3.94. The molecule has 0 spiro atoms. The Bertz CT molecular complexity index is 630. The van der Waals surface area contributed by atoms with Crippen molar-refractivity contribution < 1.29 is 19.1 Å². The van der Waals surface area contributed by atoms with Gasteiger partial charge in [-0.15, -0.1) is 0 Å². The van der Waals surface area contributed by atoms with Crippen molar-refractivity contribution in [2.45, 2.75) is 122 Å². The van der Waals surface area contributed by atoms with Crippen LogP contribution >= 0.6 is 11.6 Å². The normalized spacial score (nSPS) is 10.9. The van der Waals surface area contributed by atoms with Crippen LogP contribution in [0.3, 0.4) is 0 Å². The highest BCUT2D eigenvalue weighted by Gasteiger charge is 2.09. The Hall–Kier alpha value is -1.55. The maximum atomic E-state index is 11.8. The van der Waals surface area contributed by atoms with Gasteiger partial charge >= 0.3 is 11.9 Å². The summed E-state index contributed by atoms with van der Waals surface area (Å²) in [6.07, 6.45) is 20.5. The van der Waals surface area contributed by atoms with Crippen LogP contribution in [0.25, 0.3) is 0 Å². The molecule has 194 valence electrons. The first-order valence-corrected chi connectivity index (χ1v) is 14.0. The zero-order chi connectivity index (χ0) is 24.7. The summed E-state index contributed by atoms with van der Waals surface area (Å²) in [4.78, 5) is 23.5. The van der Waals surface area contributed by atoms with Crippen molar-refractivity contribution in [2.75, 3.05) is 13.2 Å². The molecule has 5 heteroatoms. The largest absolute Gasteiger partial charge is 0.466 e. The van der Waals surface area contributed by atoms with Crippen LogP contribution in [0, 0.1) is 0 Å². The summed E-state index contributed by atoms with van der Waals surface area (Å²) in [5, 5.41) is 0.684. The predicted octanol–water partition coefficient (Wildman–Crippen LogP) is 8.62. The van der Waals surface area contributed by atoms with E-state index in [1.54, 1.807) is 0 Å². The molecule has 0 saturated heterocycles. The Balaban J connectivity index is 1.82. The highest BCUT2D eigenvalue weighted by Crippen LogP contribution is 2.13. The van der Waals surface area contributed by atoms with Crippen LogP contribution in [-0.4, -0.2) is 25.2 Å². The average molecular weight is 495 g/mol. The third-order valence-corrected chi connectivity index (χ3v) is 6.36. The lowest BCUT2D eigenvalue weighted by atomic mass is 10.0. The number of rotatable bonds is 22. The van der Waals surface area contributed by atoms with Gasteiger partial charge in [-0.3, -0.25) is 9.59 Å². The van der Waals surface area contributed by atoms with Crippen molar-refractivity contribution in [2.24, 2.45) is 0 Å². The van der Waals surface area contributed by atoms with E-state index in [4.69, 9.17) is 21.1 Å². The van der Waals surface area contributed by atoms with Crippen molar-refractivity contribution in [1.82, 2.24) is 0 Å². The monoisotopic (exact) mass is 494 g/mol. The van der Waals surface area contributed by atoms with Crippen LogP contribution in [0.5, 0.6) is 0 Å². The molecule has 1 aromatic rings. The number of halogens is 1. The van der Waals surface area contributed by atoms with Gasteiger partial charge in [0.05, 0.1) is 26.1 Å². The smallest absolute Gasteiger partial charge is 0.306 e. The molecule has 0 aliphatic heterocycles. The molecule has 0 saturated carbocycles. The van der Waals surface area contributed by atoms with Crippen LogP contribution in [0.4, 0.5) is 0 Å². The Kier molecular flexibility index (Phi) is 19.7. The highest BCUT2D eigenvalue weighted by molar-refractivity contribution is 6.30. The minimum Gasteiger partial charge on any atom is -0.466 e. The molecule has 1 aromatic carbocycles. The molecule has 0 N–H and O–H groups in total. The topological polar surface area (TPSA) is 52.6 Å². The molecule has 0 atom stereocenters. The zero-order valence-corrected chi connectivity index (χ0v) is 22.2.